The van der Waals surface area contributed by atoms with Crippen LogP contribution in [-0.4, -0.2) is 61.8 Å². The predicted molar refractivity (Wildman–Crippen MR) is 138 cm³/mol. The highest BCUT2D eigenvalue weighted by Crippen LogP contribution is 2.37. The third-order valence-corrected chi connectivity index (χ3v) is 7.16. The number of carbonyl (C=O) groups excluding carboxylic acids is 1. The minimum atomic E-state index is -0.693. The quantitative estimate of drug-likeness (QED) is 0.499. The minimum Gasteiger partial charge on any atom is -0.444 e. The maximum atomic E-state index is 15.2. The van der Waals surface area contributed by atoms with Crippen molar-refractivity contribution in [2.45, 2.75) is 70.4 Å². The molecule has 1 amide bonds. The number of pyridine rings is 1. The van der Waals surface area contributed by atoms with E-state index >= 15 is 4.39 Å². The first-order valence-corrected chi connectivity index (χ1v) is 13.0. The molecular formula is C28H34F2N6O2. The van der Waals surface area contributed by atoms with Gasteiger partial charge in [-0.3, -0.25) is 19.9 Å². The lowest BCUT2D eigenvalue weighted by atomic mass is 9.86. The number of piperidine rings is 1. The summed E-state index contributed by atoms with van der Waals surface area (Å²) >= 11 is 0. The summed E-state index contributed by atoms with van der Waals surface area (Å²) in [6.07, 6.45) is 4.20. The second-order valence-corrected chi connectivity index (χ2v) is 11.1. The van der Waals surface area contributed by atoms with Gasteiger partial charge >= 0.3 is 6.09 Å². The van der Waals surface area contributed by atoms with Gasteiger partial charge in [0.05, 0.1) is 24.0 Å². The highest BCUT2D eigenvalue weighted by Gasteiger charge is 2.42. The Morgan fingerprint density at radius 3 is 2.79 bits per heavy atom. The maximum absolute atomic E-state index is 15.2. The number of rotatable bonds is 6. The van der Waals surface area contributed by atoms with E-state index in [-0.39, 0.29) is 11.6 Å². The second kappa shape index (κ2) is 10.8. The lowest BCUT2D eigenvalue weighted by molar-refractivity contribution is 0.0169. The molecule has 4 heterocycles. The molecule has 2 aliphatic rings. The van der Waals surface area contributed by atoms with Crippen molar-refractivity contribution in [3.05, 3.63) is 82.9 Å². The van der Waals surface area contributed by atoms with E-state index in [1.54, 1.807) is 27.0 Å². The van der Waals surface area contributed by atoms with Gasteiger partial charge in [-0.25, -0.2) is 13.6 Å². The zero-order valence-corrected chi connectivity index (χ0v) is 22.0. The minimum absolute atomic E-state index is 0.0624. The zero-order valence-electron chi connectivity index (χ0n) is 22.0. The summed E-state index contributed by atoms with van der Waals surface area (Å²) in [4.78, 5) is 21.9. The van der Waals surface area contributed by atoms with Gasteiger partial charge < -0.3 is 10.1 Å². The Balaban J connectivity index is 1.47. The molecule has 8 nitrogen and oxygen atoms in total. The van der Waals surface area contributed by atoms with E-state index in [0.717, 1.165) is 35.6 Å². The van der Waals surface area contributed by atoms with E-state index < -0.39 is 35.4 Å². The van der Waals surface area contributed by atoms with Crippen LogP contribution in [-0.2, 0) is 24.2 Å². The Hall–Kier alpha value is -3.37. The van der Waals surface area contributed by atoms with E-state index in [9.17, 15) is 9.18 Å². The number of alkyl carbamates (subject to hydrolysis) is 1. The number of nitrogens with one attached hydrogen (secondary N) is 2. The van der Waals surface area contributed by atoms with Crippen LogP contribution in [0.2, 0.25) is 0 Å². The standard InChI is InChI=1S/C28H34F2N6O2/c1-28(2,3)38-27(37)33-24-13-21(36-15-18-14-32-34-25(18)17-36)16-35(11-9-20-6-4-5-10-31-20)26(24)22-12-19(29)7-8-23(22)30/h4-8,10,12,14,21,24,26H,9,11,13,15-17H2,1-3H3,(H,32,34)(H,33,37)/t21-,24+,26-/m0/s1. The number of hydrogen-bond donors (Lipinski definition) is 2. The van der Waals surface area contributed by atoms with Gasteiger partial charge in [-0.05, 0) is 57.5 Å². The van der Waals surface area contributed by atoms with Crippen LogP contribution in [0.4, 0.5) is 13.6 Å². The number of benzene rings is 1. The molecule has 202 valence electrons. The fraction of sp³-hybridized carbons (Fsp3) is 0.464. The molecule has 38 heavy (non-hydrogen) atoms. The van der Waals surface area contributed by atoms with Crippen LogP contribution in [0.15, 0.2) is 48.8 Å². The smallest absolute Gasteiger partial charge is 0.407 e. The van der Waals surface area contributed by atoms with E-state index in [4.69, 9.17) is 4.74 Å². The molecule has 1 aromatic carbocycles. The second-order valence-electron chi connectivity index (χ2n) is 11.1. The number of hydrogen-bond acceptors (Lipinski definition) is 6. The molecule has 0 saturated carbocycles. The van der Waals surface area contributed by atoms with Crippen LogP contribution in [0, 0.1) is 11.6 Å². The maximum Gasteiger partial charge on any atom is 0.407 e. The Bertz CT molecular complexity index is 1240. The summed E-state index contributed by atoms with van der Waals surface area (Å²) in [5.74, 6) is -1.02. The predicted octanol–water partition coefficient (Wildman–Crippen LogP) is 4.35. The lowest BCUT2D eigenvalue weighted by Crippen LogP contribution is -2.58. The molecular weight excluding hydrogens is 490 g/mol. The molecule has 2 aromatic heterocycles. The van der Waals surface area contributed by atoms with Gasteiger partial charge in [0.15, 0.2) is 0 Å². The summed E-state index contributed by atoms with van der Waals surface area (Å²) in [7, 11) is 0. The highest BCUT2D eigenvalue weighted by molar-refractivity contribution is 5.68. The van der Waals surface area contributed by atoms with Gasteiger partial charge in [-0.15, -0.1) is 0 Å². The summed E-state index contributed by atoms with van der Waals surface area (Å²) in [5.41, 5.74) is 2.68. The third kappa shape index (κ3) is 6.02. The average Bonchev–Trinajstić information content (AvgIpc) is 3.46. The normalized spacial score (nSPS) is 22.3. The molecule has 2 aliphatic heterocycles. The number of nitrogens with zero attached hydrogens (tertiary/aromatic N) is 4. The molecule has 0 aliphatic carbocycles. The van der Waals surface area contributed by atoms with Gasteiger partial charge in [0.25, 0.3) is 0 Å². The van der Waals surface area contributed by atoms with E-state index in [1.165, 1.54) is 6.07 Å². The first kappa shape index (κ1) is 26.2. The van der Waals surface area contributed by atoms with E-state index in [1.807, 2.05) is 24.4 Å². The molecule has 3 aromatic rings. The fourth-order valence-corrected chi connectivity index (χ4v) is 5.53. The molecule has 1 fully saturated rings. The van der Waals surface area contributed by atoms with Crippen molar-refractivity contribution < 1.29 is 18.3 Å². The van der Waals surface area contributed by atoms with Crippen LogP contribution in [0.25, 0.3) is 0 Å². The zero-order chi connectivity index (χ0) is 26.9. The number of likely N-dealkylation sites (tertiary alicyclic amines) is 1. The Morgan fingerprint density at radius 2 is 2.05 bits per heavy atom. The van der Waals surface area contributed by atoms with Crippen molar-refractivity contribution in [1.82, 2.24) is 30.3 Å². The number of carbonyl (C=O) groups is 1. The van der Waals surface area contributed by atoms with Crippen molar-refractivity contribution in [2.75, 3.05) is 13.1 Å². The number of aromatic nitrogens is 3. The summed E-state index contributed by atoms with van der Waals surface area (Å²) < 4.78 is 35.2. The average molecular weight is 525 g/mol. The van der Waals surface area contributed by atoms with Crippen LogP contribution in [0.1, 0.15) is 55.7 Å². The molecule has 0 spiro atoms. The Labute approximate surface area is 221 Å². The number of amides is 1. The van der Waals surface area contributed by atoms with E-state index in [0.29, 0.717) is 32.5 Å². The number of halogens is 2. The molecule has 0 radical (unpaired) electrons. The molecule has 0 bridgehead atoms. The number of ether oxygens (including phenoxy) is 1. The van der Waals surface area contributed by atoms with Crippen molar-refractivity contribution in [3.63, 3.8) is 0 Å². The number of aromatic amines is 1. The van der Waals surface area contributed by atoms with Crippen molar-refractivity contribution in [1.29, 1.82) is 0 Å². The van der Waals surface area contributed by atoms with Gasteiger partial charge in [0, 0.05) is 61.7 Å². The van der Waals surface area contributed by atoms with Gasteiger partial charge in [0.1, 0.15) is 17.2 Å². The van der Waals surface area contributed by atoms with Crippen LogP contribution < -0.4 is 5.32 Å². The van der Waals surface area contributed by atoms with Crippen molar-refractivity contribution >= 4 is 6.09 Å². The molecule has 10 heteroatoms. The van der Waals surface area contributed by atoms with E-state index in [2.05, 4.69) is 30.3 Å². The molecule has 0 unspecified atom stereocenters. The molecule has 5 rings (SSSR count). The van der Waals surface area contributed by atoms with Gasteiger partial charge in [0.2, 0.25) is 0 Å². The van der Waals surface area contributed by atoms with Crippen LogP contribution >= 0.6 is 0 Å². The summed E-state index contributed by atoms with van der Waals surface area (Å²) in [5, 5.41) is 10.2. The largest absolute Gasteiger partial charge is 0.444 e. The number of H-pyrrole nitrogens is 1. The molecule has 1 saturated heterocycles. The van der Waals surface area contributed by atoms with Gasteiger partial charge in [-0.2, -0.15) is 5.10 Å². The first-order valence-electron chi connectivity index (χ1n) is 13.0. The van der Waals surface area contributed by atoms with Crippen LogP contribution in [0.3, 0.4) is 0 Å². The lowest BCUT2D eigenvalue weighted by Gasteiger charge is -2.47. The summed E-state index contributed by atoms with van der Waals surface area (Å²) in [6.45, 7) is 8.02. The first-order chi connectivity index (χ1) is 18.2. The molecule has 3 atom stereocenters. The van der Waals surface area contributed by atoms with Crippen molar-refractivity contribution in [3.8, 4) is 0 Å². The Kier molecular flexibility index (Phi) is 7.45. The summed E-state index contributed by atoms with van der Waals surface area (Å²) in [6, 6.07) is 8.23. The monoisotopic (exact) mass is 524 g/mol. The fourth-order valence-electron chi connectivity index (χ4n) is 5.53. The highest BCUT2D eigenvalue weighted by atomic mass is 19.1. The Morgan fingerprint density at radius 1 is 1.21 bits per heavy atom. The van der Waals surface area contributed by atoms with Crippen LogP contribution in [0.5, 0.6) is 0 Å². The van der Waals surface area contributed by atoms with Crippen molar-refractivity contribution in [2.24, 2.45) is 0 Å². The third-order valence-electron chi connectivity index (χ3n) is 7.16. The van der Waals surface area contributed by atoms with Gasteiger partial charge in [-0.1, -0.05) is 6.07 Å². The molecule has 2 N–H and O–H groups in total. The SMILES string of the molecule is CC(C)(C)OC(=O)N[C@@H]1C[C@H](N2Cc3cn[nH]c3C2)CN(CCc2ccccn2)[C@H]1c1cc(F)ccc1F. The topological polar surface area (TPSA) is 86.4 Å². The number of fused-ring (bicyclic) bond motifs is 1.